The van der Waals surface area contributed by atoms with Crippen molar-refractivity contribution in [2.75, 3.05) is 0 Å². The van der Waals surface area contributed by atoms with Crippen molar-refractivity contribution in [3.8, 4) is 5.75 Å². The van der Waals surface area contributed by atoms with Crippen LogP contribution in [0, 0.1) is 15.5 Å². The Bertz CT molecular complexity index is 545. The first kappa shape index (κ1) is 14.1. The average molecular weight is 361 g/mol. The van der Waals surface area contributed by atoms with Crippen LogP contribution in [-0.4, -0.2) is 15.9 Å². The molecule has 0 saturated heterocycles. The predicted octanol–water partition coefficient (Wildman–Crippen LogP) is 4.72. The van der Waals surface area contributed by atoms with Gasteiger partial charge in [0.25, 0.3) is 5.69 Å². The summed E-state index contributed by atoms with van der Waals surface area (Å²) >= 11 is 9.83. The van der Waals surface area contributed by atoms with Crippen LogP contribution in [0.5, 0.6) is 5.75 Å². The fourth-order valence-corrected chi connectivity index (χ4v) is 4.70. The van der Waals surface area contributed by atoms with Crippen LogP contribution in [0.25, 0.3) is 0 Å². The minimum Gasteiger partial charge on any atom is -0.488 e. The molecule has 1 aromatic rings. The highest BCUT2D eigenvalue weighted by molar-refractivity contribution is 9.09. The lowest BCUT2D eigenvalue weighted by molar-refractivity contribution is -0.384. The van der Waals surface area contributed by atoms with Gasteiger partial charge in [-0.1, -0.05) is 40.4 Å². The molecule has 2 fully saturated rings. The summed E-state index contributed by atoms with van der Waals surface area (Å²) in [5.41, 5.74) is 0.218. The maximum absolute atomic E-state index is 10.7. The fourth-order valence-electron chi connectivity index (χ4n) is 3.38. The van der Waals surface area contributed by atoms with Crippen molar-refractivity contribution >= 4 is 33.2 Å². The number of nitrogens with zero attached hydrogens (tertiary/aromatic N) is 1. The second-order valence-corrected chi connectivity index (χ2v) is 7.13. The van der Waals surface area contributed by atoms with Gasteiger partial charge in [0.15, 0.2) is 0 Å². The van der Waals surface area contributed by atoms with Gasteiger partial charge in [0, 0.05) is 22.4 Å². The second kappa shape index (κ2) is 5.19. The molecule has 108 valence electrons. The van der Waals surface area contributed by atoms with Crippen LogP contribution in [-0.2, 0) is 0 Å². The van der Waals surface area contributed by atoms with Crippen LogP contribution >= 0.6 is 27.5 Å². The molecule has 2 aliphatic carbocycles. The van der Waals surface area contributed by atoms with Crippen molar-refractivity contribution in [1.82, 2.24) is 0 Å². The van der Waals surface area contributed by atoms with Gasteiger partial charge in [0.2, 0.25) is 0 Å². The molecule has 0 heterocycles. The van der Waals surface area contributed by atoms with Crippen LogP contribution < -0.4 is 4.74 Å². The molecule has 2 saturated carbocycles. The standard InChI is InChI=1S/C14H15BrClNO3/c15-12-8-13(14(12)5-1-2-6-14)20-11-4-3-9(17(18)19)7-10(11)16/h3-4,7,12-13H,1-2,5-6,8H2. The van der Waals surface area contributed by atoms with E-state index < -0.39 is 4.92 Å². The van der Waals surface area contributed by atoms with Gasteiger partial charge in [-0.3, -0.25) is 10.1 Å². The Morgan fingerprint density at radius 3 is 2.65 bits per heavy atom. The highest BCUT2D eigenvalue weighted by atomic mass is 79.9. The lowest BCUT2D eigenvalue weighted by Crippen LogP contribution is -2.55. The van der Waals surface area contributed by atoms with E-state index in [9.17, 15) is 10.1 Å². The van der Waals surface area contributed by atoms with Crippen molar-refractivity contribution in [3.63, 3.8) is 0 Å². The molecule has 0 aliphatic heterocycles. The zero-order valence-corrected chi connectivity index (χ0v) is 13.2. The summed E-state index contributed by atoms with van der Waals surface area (Å²) in [5, 5.41) is 11.0. The number of ether oxygens (including phenoxy) is 1. The number of hydrogen-bond donors (Lipinski definition) is 0. The van der Waals surface area contributed by atoms with E-state index >= 15 is 0 Å². The molecule has 3 rings (SSSR count). The molecular formula is C14H15BrClNO3. The predicted molar refractivity (Wildman–Crippen MR) is 80.8 cm³/mol. The first-order valence-electron chi connectivity index (χ1n) is 6.77. The van der Waals surface area contributed by atoms with Gasteiger partial charge in [-0.05, 0) is 25.3 Å². The maximum atomic E-state index is 10.7. The molecule has 0 N–H and O–H groups in total. The topological polar surface area (TPSA) is 52.4 Å². The number of hydrogen-bond acceptors (Lipinski definition) is 3. The zero-order chi connectivity index (χ0) is 14.3. The van der Waals surface area contributed by atoms with Crippen LogP contribution in [0.2, 0.25) is 5.02 Å². The van der Waals surface area contributed by atoms with E-state index in [1.165, 1.54) is 37.8 Å². The van der Waals surface area contributed by atoms with Gasteiger partial charge in [-0.2, -0.15) is 0 Å². The molecule has 0 bridgehead atoms. The van der Waals surface area contributed by atoms with Crippen molar-refractivity contribution in [1.29, 1.82) is 0 Å². The quantitative estimate of drug-likeness (QED) is 0.445. The Kier molecular flexibility index (Phi) is 3.67. The SMILES string of the molecule is O=[N+]([O-])c1ccc(OC2CC(Br)C23CCCC3)c(Cl)c1. The minimum absolute atomic E-state index is 0.00935. The Balaban J connectivity index is 1.77. The maximum Gasteiger partial charge on any atom is 0.271 e. The fraction of sp³-hybridized carbons (Fsp3) is 0.571. The number of non-ortho nitro benzene ring substituents is 1. The summed E-state index contributed by atoms with van der Waals surface area (Å²) in [6, 6.07) is 4.39. The molecule has 0 aromatic heterocycles. The van der Waals surface area contributed by atoms with Crippen molar-refractivity contribution in [3.05, 3.63) is 33.3 Å². The van der Waals surface area contributed by atoms with Crippen molar-refractivity contribution in [2.45, 2.75) is 43.0 Å². The minimum atomic E-state index is -0.452. The van der Waals surface area contributed by atoms with Gasteiger partial charge in [-0.15, -0.1) is 0 Å². The van der Waals surface area contributed by atoms with E-state index in [0.29, 0.717) is 15.6 Å². The first-order valence-corrected chi connectivity index (χ1v) is 8.07. The van der Waals surface area contributed by atoms with Gasteiger partial charge >= 0.3 is 0 Å². The molecule has 2 unspecified atom stereocenters. The van der Waals surface area contributed by atoms with E-state index in [2.05, 4.69) is 15.9 Å². The monoisotopic (exact) mass is 359 g/mol. The number of nitro benzene ring substituents is 1. The summed E-state index contributed by atoms with van der Waals surface area (Å²) < 4.78 is 6.04. The number of alkyl halides is 1. The Morgan fingerprint density at radius 1 is 1.40 bits per heavy atom. The molecule has 0 radical (unpaired) electrons. The lowest BCUT2D eigenvalue weighted by atomic mass is 9.64. The normalized spacial score (nSPS) is 27.3. The van der Waals surface area contributed by atoms with E-state index in [-0.39, 0.29) is 17.2 Å². The third-order valence-electron chi connectivity index (χ3n) is 4.62. The first-order chi connectivity index (χ1) is 9.53. The molecule has 4 nitrogen and oxygen atoms in total. The Labute approximate surface area is 130 Å². The molecule has 2 atom stereocenters. The third-order valence-corrected chi connectivity index (χ3v) is 6.20. The summed E-state index contributed by atoms with van der Waals surface area (Å²) in [6.07, 6.45) is 5.98. The van der Waals surface area contributed by atoms with E-state index in [1.807, 2.05) is 0 Å². The van der Waals surface area contributed by atoms with Crippen LogP contribution in [0.1, 0.15) is 32.1 Å². The van der Waals surface area contributed by atoms with Crippen molar-refractivity contribution < 1.29 is 9.66 Å². The largest absolute Gasteiger partial charge is 0.488 e. The van der Waals surface area contributed by atoms with Crippen LogP contribution in [0.3, 0.4) is 0 Å². The number of nitro groups is 1. The molecule has 1 spiro atoms. The third kappa shape index (κ3) is 2.21. The van der Waals surface area contributed by atoms with Crippen molar-refractivity contribution in [2.24, 2.45) is 5.41 Å². The van der Waals surface area contributed by atoms with E-state index in [1.54, 1.807) is 6.07 Å². The average Bonchev–Trinajstić information content (AvgIpc) is 2.92. The molecule has 20 heavy (non-hydrogen) atoms. The second-order valence-electron chi connectivity index (χ2n) is 5.62. The molecule has 2 aliphatic rings. The molecule has 6 heteroatoms. The van der Waals surface area contributed by atoms with Crippen LogP contribution in [0.15, 0.2) is 18.2 Å². The lowest BCUT2D eigenvalue weighted by Gasteiger charge is -2.51. The van der Waals surface area contributed by atoms with E-state index in [0.717, 1.165) is 6.42 Å². The number of rotatable bonds is 3. The Morgan fingerprint density at radius 2 is 2.10 bits per heavy atom. The molecule has 1 aromatic carbocycles. The summed E-state index contributed by atoms with van der Waals surface area (Å²) in [7, 11) is 0. The summed E-state index contributed by atoms with van der Waals surface area (Å²) in [5.74, 6) is 0.549. The molecule has 0 amide bonds. The Hall–Kier alpha value is -0.810. The van der Waals surface area contributed by atoms with Crippen LogP contribution in [0.4, 0.5) is 5.69 Å². The number of halogens is 2. The van der Waals surface area contributed by atoms with Gasteiger partial charge in [0.1, 0.15) is 11.9 Å². The van der Waals surface area contributed by atoms with E-state index in [4.69, 9.17) is 16.3 Å². The summed E-state index contributed by atoms with van der Waals surface area (Å²) in [4.78, 5) is 10.8. The highest BCUT2D eigenvalue weighted by Crippen LogP contribution is 2.58. The van der Waals surface area contributed by atoms with Gasteiger partial charge < -0.3 is 4.74 Å². The molecular weight excluding hydrogens is 346 g/mol. The summed E-state index contributed by atoms with van der Waals surface area (Å²) in [6.45, 7) is 0. The highest BCUT2D eigenvalue weighted by Gasteiger charge is 2.56. The number of benzene rings is 1. The smallest absolute Gasteiger partial charge is 0.271 e. The zero-order valence-electron chi connectivity index (χ0n) is 10.9. The van der Waals surface area contributed by atoms with Gasteiger partial charge in [0.05, 0.1) is 9.95 Å². The van der Waals surface area contributed by atoms with Gasteiger partial charge in [-0.25, -0.2) is 0 Å².